The van der Waals surface area contributed by atoms with Crippen LogP contribution >= 0.6 is 0 Å². The maximum absolute atomic E-state index is 6.07. The summed E-state index contributed by atoms with van der Waals surface area (Å²) >= 11 is 0. The second kappa shape index (κ2) is 8.21. The summed E-state index contributed by atoms with van der Waals surface area (Å²) in [5.74, 6) is 0. The van der Waals surface area contributed by atoms with Crippen molar-refractivity contribution in [1.82, 2.24) is 0 Å². The van der Waals surface area contributed by atoms with Gasteiger partial charge in [0, 0.05) is 19.8 Å². The first-order valence-electron chi connectivity index (χ1n) is 6.86. The second-order valence-corrected chi connectivity index (χ2v) is 6.28. The lowest BCUT2D eigenvalue weighted by Crippen LogP contribution is -2.51. The summed E-state index contributed by atoms with van der Waals surface area (Å²) < 4.78 is 23.1. The molecule has 0 heterocycles. The van der Waals surface area contributed by atoms with Crippen LogP contribution in [0.4, 0.5) is 0 Å². The summed E-state index contributed by atoms with van der Waals surface area (Å²) in [5, 5.41) is 0. The third-order valence-electron chi connectivity index (χ3n) is 2.83. The van der Waals surface area contributed by atoms with Crippen LogP contribution in [0.1, 0.15) is 52.9 Å². The zero-order chi connectivity index (χ0) is 12.6. The molecule has 1 rings (SSSR count). The molecular formula is C12H26O4Si. The molecule has 0 radical (unpaired) electrons. The van der Waals surface area contributed by atoms with E-state index >= 15 is 0 Å². The molecule has 1 aliphatic rings. The highest BCUT2D eigenvalue weighted by Crippen LogP contribution is 2.25. The maximum Gasteiger partial charge on any atom is 0.679 e. The molecule has 0 atom stereocenters. The van der Waals surface area contributed by atoms with Crippen molar-refractivity contribution in [2.24, 2.45) is 0 Å². The largest absolute Gasteiger partial charge is 0.679 e. The molecule has 0 N–H and O–H groups in total. The molecule has 1 saturated carbocycles. The van der Waals surface area contributed by atoms with Crippen molar-refractivity contribution in [3.05, 3.63) is 0 Å². The molecule has 0 saturated heterocycles. The molecule has 0 aliphatic heterocycles. The second-order valence-electron chi connectivity index (χ2n) is 4.18. The summed E-state index contributed by atoms with van der Waals surface area (Å²) in [6, 6.07) is 0. The minimum Gasteiger partial charge on any atom is -0.351 e. The Morgan fingerprint density at radius 1 is 0.824 bits per heavy atom. The van der Waals surface area contributed by atoms with Gasteiger partial charge in [-0.15, -0.1) is 0 Å². The fourth-order valence-electron chi connectivity index (χ4n) is 2.14. The molecule has 0 amide bonds. The Balaban J connectivity index is 2.57. The minimum atomic E-state index is -2.88. The Kier molecular flexibility index (Phi) is 7.30. The molecule has 0 bridgehead atoms. The van der Waals surface area contributed by atoms with E-state index < -0.39 is 9.05 Å². The smallest absolute Gasteiger partial charge is 0.351 e. The molecule has 0 aromatic carbocycles. The van der Waals surface area contributed by atoms with E-state index in [-0.39, 0.29) is 6.10 Å². The van der Waals surface area contributed by atoms with Crippen molar-refractivity contribution in [3.63, 3.8) is 0 Å². The maximum atomic E-state index is 6.07. The molecule has 1 fully saturated rings. The van der Waals surface area contributed by atoms with E-state index in [2.05, 4.69) is 0 Å². The summed E-state index contributed by atoms with van der Waals surface area (Å²) in [4.78, 5) is 0. The third-order valence-corrected chi connectivity index (χ3v) is 5.38. The lowest BCUT2D eigenvalue weighted by Gasteiger charge is -2.32. The Hall–Kier alpha value is 0.0569. The van der Waals surface area contributed by atoms with Crippen LogP contribution in [-0.2, 0) is 17.7 Å². The standard InChI is InChI=1S/C12H26O4Si/c1-4-13-17(14-5-2,15-6-3)16-12-10-8-7-9-11-12/h12H,4-11H2,1-3H3. The molecule has 4 nitrogen and oxygen atoms in total. The SMILES string of the molecule is CCO[Si](OCC)(OCC)OC1CCCCC1. The van der Waals surface area contributed by atoms with Crippen molar-refractivity contribution < 1.29 is 17.7 Å². The minimum absolute atomic E-state index is 0.250. The predicted octanol–water partition coefficient (Wildman–Crippen LogP) is 2.88. The molecule has 5 heteroatoms. The normalized spacial score (nSPS) is 18.5. The lowest BCUT2D eigenvalue weighted by molar-refractivity contribution is -0.0570. The van der Waals surface area contributed by atoms with Gasteiger partial charge >= 0.3 is 9.05 Å². The van der Waals surface area contributed by atoms with Crippen molar-refractivity contribution in [2.45, 2.75) is 59.0 Å². The topological polar surface area (TPSA) is 36.9 Å². The Morgan fingerprint density at radius 2 is 1.29 bits per heavy atom. The lowest BCUT2D eigenvalue weighted by atomic mass is 9.98. The van der Waals surface area contributed by atoms with Crippen LogP contribution in [0.2, 0.25) is 0 Å². The predicted molar refractivity (Wildman–Crippen MR) is 68.6 cm³/mol. The zero-order valence-corrected chi connectivity index (χ0v) is 12.4. The van der Waals surface area contributed by atoms with Gasteiger partial charge in [-0.1, -0.05) is 19.3 Å². The molecule has 0 aromatic rings. The van der Waals surface area contributed by atoms with Crippen LogP contribution in [-0.4, -0.2) is 35.0 Å². The van der Waals surface area contributed by atoms with Crippen LogP contribution in [0.15, 0.2) is 0 Å². The van der Waals surface area contributed by atoms with Gasteiger partial charge in [0.2, 0.25) is 0 Å². The summed E-state index contributed by atoms with van der Waals surface area (Å²) in [6.45, 7) is 7.55. The molecular weight excluding hydrogens is 236 g/mol. The Labute approximate surface area is 106 Å². The van der Waals surface area contributed by atoms with Crippen molar-refractivity contribution in [1.29, 1.82) is 0 Å². The average molecular weight is 262 g/mol. The zero-order valence-electron chi connectivity index (χ0n) is 11.4. The van der Waals surface area contributed by atoms with Gasteiger partial charge < -0.3 is 17.7 Å². The fourth-order valence-corrected chi connectivity index (χ4v) is 4.30. The van der Waals surface area contributed by atoms with E-state index in [1.807, 2.05) is 20.8 Å². The van der Waals surface area contributed by atoms with E-state index in [9.17, 15) is 0 Å². The molecule has 17 heavy (non-hydrogen) atoms. The molecule has 0 aromatic heterocycles. The van der Waals surface area contributed by atoms with Crippen molar-refractivity contribution >= 4 is 9.05 Å². The first-order valence-corrected chi connectivity index (χ1v) is 8.49. The van der Waals surface area contributed by atoms with Gasteiger partial charge in [0.05, 0.1) is 6.10 Å². The Bertz CT molecular complexity index is 178. The molecule has 0 spiro atoms. The van der Waals surface area contributed by atoms with Crippen LogP contribution in [0.25, 0.3) is 0 Å². The highest BCUT2D eigenvalue weighted by atomic mass is 28.4. The van der Waals surface area contributed by atoms with Crippen LogP contribution in [0, 0.1) is 0 Å². The highest BCUT2D eigenvalue weighted by Gasteiger charge is 2.47. The van der Waals surface area contributed by atoms with Gasteiger partial charge in [-0.25, -0.2) is 0 Å². The van der Waals surface area contributed by atoms with E-state index in [1.165, 1.54) is 19.3 Å². The van der Waals surface area contributed by atoms with Gasteiger partial charge in [-0.2, -0.15) is 0 Å². The van der Waals surface area contributed by atoms with Gasteiger partial charge in [0.25, 0.3) is 0 Å². The fraction of sp³-hybridized carbons (Fsp3) is 1.00. The number of hydrogen-bond donors (Lipinski definition) is 0. The first-order chi connectivity index (χ1) is 8.26. The summed E-state index contributed by atoms with van der Waals surface area (Å²) in [7, 11) is -2.88. The quantitative estimate of drug-likeness (QED) is 0.630. The van der Waals surface area contributed by atoms with Gasteiger partial charge in [-0.3, -0.25) is 0 Å². The Morgan fingerprint density at radius 3 is 1.71 bits per heavy atom. The monoisotopic (exact) mass is 262 g/mol. The van der Waals surface area contributed by atoms with Gasteiger partial charge in [-0.05, 0) is 33.6 Å². The average Bonchev–Trinajstić information content (AvgIpc) is 2.31. The third kappa shape index (κ3) is 5.05. The highest BCUT2D eigenvalue weighted by molar-refractivity contribution is 6.53. The first kappa shape index (κ1) is 15.1. The van der Waals surface area contributed by atoms with Gasteiger partial charge in [0.1, 0.15) is 0 Å². The van der Waals surface area contributed by atoms with E-state index in [4.69, 9.17) is 17.7 Å². The molecule has 102 valence electrons. The van der Waals surface area contributed by atoms with Crippen LogP contribution < -0.4 is 0 Å². The van der Waals surface area contributed by atoms with Crippen molar-refractivity contribution in [3.8, 4) is 0 Å². The molecule has 0 unspecified atom stereocenters. The van der Waals surface area contributed by atoms with E-state index in [0.717, 1.165) is 12.8 Å². The van der Waals surface area contributed by atoms with Crippen molar-refractivity contribution in [2.75, 3.05) is 19.8 Å². The summed E-state index contributed by atoms with van der Waals surface area (Å²) in [6.07, 6.45) is 6.23. The summed E-state index contributed by atoms with van der Waals surface area (Å²) in [5.41, 5.74) is 0. The van der Waals surface area contributed by atoms with Crippen LogP contribution in [0.5, 0.6) is 0 Å². The molecule has 1 aliphatic carbocycles. The van der Waals surface area contributed by atoms with Crippen LogP contribution in [0.3, 0.4) is 0 Å². The van der Waals surface area contributed by atoms with Gasteiger partial charge in [0.15, 0.2) is 0 Å². The number of hydrogen-bond acceptors (Lipinski definition) is 4. The van der Waals surface area contributed by atoms with E-state index in [0.29, 0.717) is 19.8 Å². The van der Waals surface area contributed by atoms with E-state index in [1.54, 1.807) is 0 Å². The number of rotatable bonds is 8.